The fraction of sp³-hybridized carbons (Fsp3) is 0.400. The Bertz CT molecular complexity index is 561. The second-order valence-corrected chi connectivity index (χ2v) is 4.77. The molecule has 1 atom stereocenters. The van der Waals surface area contributed by atoms with E-state index in [1.807, 2.05) is 30.3 Å². The molecule has 0 amide bonds. The molecular weight excluding hydrogens is 265 g/mol. The molecule has 1 unspecified atom stereocenters. The maximum Gasteiger partial charge on any atom is 0.389 e. The summed E-state index contributed by atoms with van der Waals surface area (Å²) in [5, 5.41) is 4.09. The molecule has 1 heterocycles. The third kappa shape index (κ3) is 3.70. The van der Waals surface area contributed by atoms with Crippen LogP contribution in [0.15, 0.2) is 36.5 Å². The van der Waals surface area contributed by atoms with Gasteiger partial charge in [0.05, 0.1) is 5.52 Å². The molecule has 2 rings (SSSR count). The maximum absolute atomic E-state index is 12.2. The van der Waals surface area contributed by atoms with Gasteiger partial charge in [0.1, 0.15) is 0 Å². The van der Waals surface area contributed by atoms with Crippen molar-refractivity contribution >= 4 is 10.9 Å². The van der Waals surface area contributed by atoms with E-state index in [0.717, 1.165) is 16.5 Å². The lowest BCUT2D eigenvalue weighted by molar-refractivity contribution is -0.135. The molecule has 1 aromatic heterocycles. The molecular formula is C15H17F3N2. The highest BCUT2D eigenvalue weighted by Gasteiger charge is 2.27. The Labute approximate surface area is 116 Å². The Balaban J connectivity index is 2.17. The summed E-state index contributed by atoms with van der Waals surface area (Å²) in [6, 6.07) is 9.47. The highest BCUT2D eigenvalue weighted by molar-refractivity contribution is 5.81. The van der Waals surface area contributed by atoms with E-state index in [1.165, 1.54) is 0 Å². The second kappa shape index (κ2) is 6.22. The molecule has 0 spiro atoms. The summed E-state index contributed by atoms with van der Waals surface area (Å²) in [6.45, 7) is 0. The van der Waals surface area contributed by atoms with Crippen LogP contribution in [0, 0.1) is 0 Å². The fourth-order valence-electron chi connectivity index (χ4n) is 2.37. The van der Waals surface area contributed by atoms with E-state index in [0.29, 0.717) is 6.42 Å². The van der Waals surface area contributed by atoms with Crippen molar-refractivity contribution in [3.8, 4) is 0 Å². The Morgan fingerprint density at radius 3 is 2.65 bits per heavy atom. The predicted octanol–water partition coefficient (Wildman–Crippen LogP) is 4.23. The van der Waals surface area contributed by atoms with E-state index >= 15 is 0 Å². The number of pyridine rings is 1. The summed E-state index contributed by atoms with van der Waals surface area (Å²) in [5.41, 5.74) is 1.80. The molecule has 5 heteroatoms. The third-order valence-electron chi connectivity index (χ3n) is 3.34. The topological polar surface area (TPSA) is 24.9 Å². The minimum atomic E-state index is -4.09. The van der Waals surface area contributed by atoms with E-state index in [4.69, 9.17) is 0 Å². The van der Waals surface area contributed by atoms with Crippen LogP contribution in [0.2, 0.25) is 0 Å². The van der Waals surface area contributed by atoms with Gasteiger partial charge in [-0.05, 0) is 31.5 Å². The molecule has 0 fully saturated rings. The van der Waals surface area contributed by atoms with Crippen molar-refractivity contribution in [3.05, 3.63) is 42.1 Å². The standard InChI is InChI=1S/C15H17F3N2/c1-19-13(8-3-9-15(16,17)18)12-7-2-5-11-6-4-10-20-14(11)12/h2,4-7,10,13,19H,3,8-9H2,1H3. The lowest BCUT2D eigenvalue weighted by Gasteiger charge is -2.18. The van der Waals surface area contributed by atoms with Crippen LogP contribution in [-0.4, -0.2) is 18.2 Å². The molecule has 1 aromatic carbocycles. The van der Waals surface area contributed by atoms with Crippen LogP contribution in [-0.2, 0) is 0 Å². The highest BCUT2D eigenvalue weighted by atomic mass is 19.4. The van der Waals surface area contributed by atoms with Crippen LogP contribution in [0.3, 0.4) is 0 Å². The smallest absolute Gasteiger partial charge is 0.313 e. The first-order valence-corrected chi connectivity index (χ1v) is 6.59. The van der Waals surface area contributed by atoms with Gasteiger partial charge in [0.25, 0.3) is 0 Å². The summed E-state index contributed by atoms with van der Waals surface area (Å²) in [6.07, 6.45) is -2.59. The van der Waals surface area contributed by atoms with E-state index in [1.54, 1.807) is 13.2 Å². The number of hydrogen-bond donors (Lipinski definition) is 1. The summed E-state index contributed by atoms with van der Waals surface area (Å²) in [7, 11) is 1.76. The summed E-state index contributed by atoms with van der Waals surface area (Å²) in [4.78, 5) is 4.34. The van der Waals surface area contributed by atoms with E-state index in [9.17, 15) is 13.2 Å². The number of alkyl halides is 3. The van der Waals surface area contributed by atoms with Gasteiger partial charge in [0.2, 0.25) is 0 Å². The van der Waals surface area contributed by atoms with Gasteiger partial charge in [-0.25, -0.2) is 0 Å². The minimum absolute atomic E-state index is 0.109. The van der Waals surface area contributed by atoms with Gasteiger partial charge in [0.15, 0.2) is 0 Å². The van der Waals surface area contributed by atoms with Crippen molar-refractivity contribution in [1.29, 1.82) is 0 Å². The fourth-order valence-corrected chi connectivity index (χ4v) is 2.37. The summed E-state index contributed by atoms with van der Waals surface area (Å²) in [5.74, 6) is 0. The first-order valence-electron chi connectivity index (χ1n) is 6.59. The second-order valence-electron chi connectivity index (χ2n) is 4.77. The lowest BCUT2D eigenvalue weighted by Crippen LogP contribution is -2.18. The van der Waals surface area contributed by atoms with Gasteiger partial charge >= 0.3 is 6.18 Å². The van der Waals surface area contributed by atoms with Crippen molar-refractivity contribution in [3.63, 3.8) is 0 Å². The Hall–Kier alpha value is -1.62. The van der Waals surface area contributed by atoms with E-state index in [-0.39, 0.29) is 12.5 Å². The van der Waals surface area contributed by atoms with Crippen LogP contribution >= 0.6 is 0 Å². The van der Waals surface area contributed by atoms with E-state index < -0.39 is 12.6 Å². The molecule has 0 radical (unpaired) electrons. The monoisotopic (exact) mass is 282 g/mol. The SMILES string of the molecule is CNC(CCCC(F)(F)F)c1cccc2cccnc12. The quantitative estimate of drug-likeness (QED) is 0.887. The zero-order valence-corrected chi connectivity index (χ0v) is 11.2. The van der Waals surface area contributed by atoms with Crippen LogP contribution in [0.5, 0.6) is 0 Å². The normalized spacial score (nSPS) is 13.6. The number of rotatable bonds is 5. The van der Waals surface area contributed by atoms with Gasteiger partial charge in [-0.1, -0.05) is 24.3 Å². The number of halogens is 3. The van der Waals surface area contributed by atoms with Gasteiger partial charge in [-0.3, -0.25) is 4.98 Å². The third-order valence-corrected chi connectivity index (χ3v) is 3.34. The number of para-hydroxylation sites is 1. The van der Waals surface area contributed by atoms with E-state index in [2.05, 4.69) is 10.3 Å². The number of aromatic nitrogens is 1. The molecule has 0 saturated carbocycles. The molecule has 0 bridgehead atoms. The molecule has 0 aliphatic carbocycles. The molecule has 0 aliphatic rings. The molecule has 0 aliphatic heterocycles. The van der Waals surface area contributed by atoms with Gasteiger partial charge in [-0.15, -0.1) is 0 Å². The zero-order valence-electron chi connectivity index (χ0n) is 11.2. The number of nitrogens with zero attached hydrogens (tertiary/aromatic N) is 1. The molecule has 0 saturated heterocycles. The summed E-state index contributed by atoms with van der Waals surface area (Å²) >= 11 is 0. The van der Waals surface area contributed by atoms with Gasteiger partial charge in [0, 0.05) is 24.0 Å². The number of benzene rings is 1. The number of hydrogen-bond acceptors (Lipinski definition) is 2. The molecule has 108 valence electrons. The zero-order chi connectivity index (χ0) is 14.6. The van der Waals surface area contributed by atoms with Crippen LogP contribution in [0.25, 0.3) is 10.9 Å². The highest BCUT2D eigenvalue weighted by Crippen LogP contribution is 2.28. The number of fused-ring (bicyclic) bond motifs is 1. The Morgan fingerprint density at radius 1 is 1.20 bits per heavy atom. The van der Waals surface area contributed by atoms with Crippen molar-refractivity contribution in [2.45, 2.75) is 31.5 Å². The Morgan fingerprint density at radius 2 is 1.95 bits per heavy atom. The first kappa shape index (κ1) is 14.8. The van der Waals surface area contributed by atoms with Crippen LogP contribution < -0.4 is 5.32 Å². The molecule has 2 nitrogen and oxygen atoms in total. The van der Waals surface area contributed by atoms with Crippen molar-refractivity contribution in [2.75, 3.05) is 7.05 Å². The summed E-state index contributed by atoms with van der Waals surface area (Å²) < 4.78 is 36.7. The largest absolute Gasteiger partial charge is 0.389 e. The molecule has 20 heavy (non-hydrogen) atoms. The number of nitrogens with one attached hydrogen (secondary N) is 1. The first-order chi connectivity index (χ1) is 9.51. The predicted molar refractivity (Wildman–Crippen MR) is 73.4 cm³/mol. The Kier molecular flexibility index (Phi) is 4.60. The van der Waals surface area contributed by atoms with Gasteiger partial charge in [-0.2, -0.15) is 13.2 Å². The van der Waals surface area contributed by atoms with Crippen LogP contribution in [0.1, 0.15) is 30.9 Å². The lowest BCUT2D eigenvalue weighted by atomic mass is 9.98. The maximum atomic E-state index is 12.2. The minimum Gasteiger partial charge on any atom is -0.313 e. The van der Waals surface area contributed by atoms with Gasteiger partial charge < -0.3 is 5.32 Å². The van der Waals surface area contributed by atoms with Crippen molar-refractivity contribution in [1.82, 2.24) is 10.3 Å². The average molecular weight is 282 g/mol. The van der Waals surface area contributed by atoms with Crippen molar-refractivity contribution in [2.24, 2.45) is 0 Å². The van der Waals surface area contributed by atoms with Crippen molar-refractivity contribution < 1.29 is 13.2 Å². The molecule has 1 N–H and O–H groups in total. The van der Waals surface area contributed by atoms with Crippen LogP contribution in [0.4, 0.5) is 13.2 Å². The molecule has 2 aromatic rings. The average Bonchev–Trinajstić information content (AvgIpc) is 2.42.